The van der Waals surface area contributed by atoms with Crippen LogP contribution in [0.5, 0.6) is 0 Å². The van der Waals surface area contributed by atoms with Crippen molar-refractivity contribution < 1.29 is 9.72 Å². The molecule has 0 saturated heterocycles. The van der Waals surface area contributed by atoms with Gasteiger partial charge in [0.15, 0.2) is 0 Å². The van der Waals surface area contributed by atoms with Crippen LogP contribution in [0.3, 0.4) is 0 Å². The monoisotopic (exact) mass is 304 g/mol. The Hall–Kier alpha value is -1.93. The van der Waals surface area contributed by atoms with E-state index >= 15 is 0 Å². The van der Waals surface area contributed by atoms with Gasteiger partial charge in [0.05, 0.1) is 11.1 Å². The summed E-state index contributed by atoms with van der Waals surface area (Å²) in [6.07, 6.45) is 1.67. The van der Waals surface area contributed by atoms with E-state index in [2.05, 4.69) is 5.32 Å². The molecule has 9 heteroatoms. The largest absolute Gasteiger partial charge is 0.354 e. The molecule has 1 rings (SSSR count). The van der Waals surface area contributed by atoms with Gasteiger partial charge < -0.3 is 11.1 Å². The zero-order valence-electron chi connectivity index (χ0n) is 10.9. The van der Waals surface area contributed by atoms with Gasteiger partial charge in [-0.25, -0.2) is 0 Å². The van der Waals surface area contributed by atoms with E-state index in [9.17, 15) is 19.7 Å². The van der Waals surface area contributed by atoms with E-state index in [0.29, 0.717) is 13.0 Å². The third kappa shape index (κ3) is 5.81. The molecule has 112 valence electrons. The van der Waals surface area contributed by atoms with Crippen molar-refractivity contribution in [1.82, 2.24) is 9.88 Å². The number of rotatable bonds is 6. The van der Waals surface area contributed by atoms with Crippen LogP contribution in [-0.2, 0) is 11.3 Å². The maximum Gasteiger partial charge on any atom is 0.285 e. The highest BCUT2D eigenvalue weighted by molar-refractivity contribution is 5.85. The molecule has 0 saturated carbocycles. The van der Waals surface area contributed by atoms with Crippen molar-refractivity contribution in [3.05, 3.63) is 38.8 Å². The van der Waals surface area contributed by atoms with Crippen LogP contribution in [0.15, 0.2) is 23.1 Å². The first kappa shape index (κ1) is 18.1. The van der Waals surface area contributed by atoms with Gasteiger partial charge in [-0.05, 0) is 13.3 Å². The second kappa shape index (κ2) is 8.28. The number of nitro groups is 1. The molecule has 0 aliphatic carbocycles. The number of carbonyl (C=O) groups is 1. The molecule has 3 N–H and O–H groups in total. The summed E-state index contributed by atoms with van der Waals surface area (Å²) < 4.78 is 0.999. The molecule has 1 amide bonds. The first-order valence-corrected chi connectivity index (χ1v) is 5.77. The van der Waals surface area contributed by atoms with Gasteiger partial charge in [-0.1, -0.05) is 0 Å². The molecule has 0 aliphatic heterocycles. The predicted molar refractivity (Wildman–Crippen MR) is 75.9 cm³/mol. The number of pyridine rings is 1. The Morgan fingerprint density at radius 3 is 2.75 bits per heavy atom. The maximum absolute atomic E-state index is 11.5. The lowest BCUT2D eigenvalue weighted by Gasteiger charge is -2.08. The van der Waals surface area contributed by atoms with E-state index < -0.39 is 10.5 Å². The summed E-state index contributed by atoms with van der Waals surface area (Å²) in [6, 6.07) is 2.14. The molecule has 1 aromatic heterocycles. The number of nitrogens with one attached hydrogen (secondary N) is 1. The molecule has 8 nitrogen and oxygen atoms in total. The topological polar surface area (TPSA) is 120 Å². The fraction of sp³-hybridized carbons (Fsp3) is 0.455. The van der Waals surface area contributed by atoms with Gasteiger partial charge in [-0.3, -0.25) is 24.3 Å². The molecular weight excluding hydrogens is 288 g/mol. The molecule has 1 atom stereocenters. The highest BCUT2D eigenvalue weighted by Crippen LogP contribution is 2.05. The van der Waals surface area contributed by atoms with Crippen LogP contribution in [0.25, 0.3) is 0 Å². The van der Waals surface area contributed by atoms with E-state index in [0.717, 1.165) is 22.9 Å². The highest BCUT2D eigenvalue weighted by atomic mass is 35.5. The maximum atomic E-state index is 11.5. The van der Waals surface area contributed by atoms with Crippen LogP contribution in [0, 0.1) is 10.1 Å². The second-order valence-electron chi connectivity index (χ2n) is 4.23. The number of halogens is 1. The Balaban J connectivity index is 0.00000361. The summed E-state index contributed by atoms with van der Waals surface area (Å²) in [6.45, 7) is 1.97. The zero-order chi connectivity index (χ0) is 14.4. The molecule has 0 fully saturated rings. The molecule has 0 radical (unpaired) electrons. The summed E-state index contributed by atoms with van der Waals surface area (Å²) in [5, 5.41) is 13.2. The summed E-state index contributed by atoms with van der Waals surface area (Å²) in [4.78, 5) is 32.9. The number of nitrogens with zero attached hydrogens (tertiary/aromatic N) is 2. The van der Waals surface area contributed by atoms with Crippen LogP contribution in [-0.4, -0.2) is 28.0 Å². The Morgan fingerprint density at radius 2 is 2.20 bits per heavy atom. The number of hydrogen-bond donors (Lipinski definition) is 2. The van der Waals surface area contributed by atoms with Gasteiger partial charge in [0.25, 0.3) is 11.2 Å². The minimum Gasteiger partial charge on any atom is -0.354 e. The minimum atomic E-state index is -0.621. The lowest BCUT2D eigenvalue weighted by molar-refractivity contribution is -0.385. The molecule has 1 unspecified atom stereocenters. The normalized spacial score (nSPS) is 11.3. The molecule has 0 spiro atoms. The van der Waals surface area contributed by atoms with Gasteiger partial charge in [-0.2, -0.15) is 0 Å². The number of aromatic nitrogens is 1. The zero-order valence-corrected chi connectivity index (χ0v) is 11.8. The van der Waals surface area contributed by atoms with Crippen molar-refractivity contribution in [2.24, 2.45) is 5.73 Å². The smallest absolute Gasteiger partial charge is 0.285 e. The Bertz CT molecular complexity index is 529. The van der Waals surface area contributed by atoms with E-state index in [-0.39, 0.29) is 36.6 Å². The van der Waals surface area contributed by atoms with E-state index in [1.165, 1.54) is 0 Å². The van der Waals surface area contributed by atoms with Crippen LogP contribution >= 0.6 is 12.4 Å². The van der Waals surface area contributed by atoms with Crippen molar-refractivity contribution in [2.45, 2.75) is 25.9 Å². The summed E-state index contributed by atoms with van der Waals surface area (Å²) >= 11 is 0. The molecule has 0 bridgehead atoms. The van der Waals surface area contributed by atoms with Crippen molar-refractivity contribution in [1.29, 1.82) is 0 Å². The molecule has 1 aromatic rings. The number of hydrogen-bond acceptors (Lipinski definition) is 5. The predicted octanol–water partition coefficient (Wildman–Crippen LogP) is 0.0318. The van der Waals surface area contributed by atoms with Crippen LogP contribution in [0.2, 0.25) is 0 Å². The lowest BCUT2D eigenvalue weighted by atomic mass is 10.2. The summed E-state index contributed by atoms with van der Waals surface area (Å²) in [5.41, 5.74) is 4.83. The van der Waals surface area contributed by atoms with Gasteiger partial charge in [-0.15, -0.1) is 12.4 Å². The summed E-state index contributed by atoms with van der Waals surface area (Å²) in [5.74, 6) is -0.386. The van der Waals surface area contributed by atoms with E-state index in [1.54, 1.807) is 0 Å². The van der Waals surface area contributed by atoms with Crippen molar-refractivity contribution in [3.8, 4) is 0 Å². The fourth-order valence-corrected chi connectivity index (χ4v) is 1.40. The Morgan fingerprint density at radius 1 is 1.55 bits per heavy atom. The molecular formula is C11H17ClN4O4. The van der Waals surface area contributed by atoms with Crippen molar-refractivity contribution in [2.75, 3.05) is 6.54 Å². The summed E-state index contributed by atoms with van der Waals surface area (Å²) in [7, 11) is 0. The molecule has 0 aliphatic rings. The first-order chi connectivity index (χ1) is 8.90. The standard InChI is InChI=1S/C11H16N4O4.ClH/c1-8(12)4-5-13-10(16)7-14-6-9(15(18)19)2-3-11(14)17;/h2-3,6,8H,4-5,7,12H2,1H3,(H,13,16);1H. The fourth-order valence-electron chi connectivity index (χ4n) is 1.40. The van der Waals surface area contributed by atoms with Gasteiger partial charge in [0.2, 0.25) is 5.91 Å². The second-order valence-corrected chi connectivity index (χ2v) is 4.23. The number of amides is 1. The van der Waals surface area contributed by atoms with Crippen molar-refractivity contribution in [3.63, 3.8) is 0 Å². The third-order valence-corrected chi connectivity index (χ3v) is 2.41. The Kier molecular flexibility index (Phi) is 7.48. The van der Waals surface area contributed by atoms with Crippen LogP contribution in [0.1, 0.15) is 13.3 Å². The van der Waals surface area contributed by atoms with Gasteiger partial charge in [0.1, 0.15) is 6.54 Å². The minimum absolute atomic E-state index is 0. The molecule has 0 aromatic carbocycles. The quantitative estimate of drug-likeness (QED) is 0.567. The lowest BCUT2D eigenvalue weighted by Crippen LogP contribution is -2.34. The van der Waals surface area contributed by atoms with Gasteiger partial charge in [0, 0.05) is 24.7 Å². The number of carbonyl (C=O) groups excluding carboxylic acids is 1. The number of nitrogens with two attached hydrogens (primary N) is 1. The third-order valence-electron chi connectivity index (χ3n) is 2.41. The van der Waals surface area contributed by atoms with Crippen molar-refractivity contribution >= 4 is 24.0 Å². The molecule has 20 heavy (non-hydrogen) atoms. The SMILES string of the molecule is CC(N)CCNC(=O)Cn1cc([N+](=O)[O-])ccc1=O.Cl. The first-order valence-electron chi connectivity index (χ1n) is 5.77. The van der Waals surface area contributed by atoms with E-state index in [1.807, 2.05) is 6.92 Å². The van der Waals surface area contributed by atoms with Crippen LogP contribution < -0.4 is 16.6 Å². The average Bonchev–Trinajstić information content (AvgIpc) is 2.31. The highest BCUT2D eigenvalue weighted by Gasteiger charge is 2.10. The molecule has 1 heterocycles. The van der Waals surface area contributed by atoms with Gasteiger partial charge >= 0.3 is 0 Å². The Labute approximate surface area is 121 Å². The van der Waals surface area contributed by atoms with Crippen LogP contribution in [0.4, 0.5) is 5.69 Å². The average molecular weight is 305 g/mol. The van der Waals surface area contributed by atoms with E-state index in [4.69, 9.17) is 5.73 Å².